The van der Waals surface area contributed by atoms with E-state index in [1.807, 2.05) is 0 Å². The molecule has 1 rings (SSSR count). The van der Waals surface area contributed by atoms with Crippen molar-refractivity contribution in [1.82, 2.24) is 9.80 Å². The van der Waals surface area contributed by atoms with Crippen molar-refractivity contribution in [3.63, 3.8) is 0 Å². The Bertz CT molecular complexity index is 231. The monoisotopic (exact) mass is 270 g/mol. The number of β-amino-alcohol motifs (C(OH)–C–C–N with tert-alkyl or cyclic N) is 1. The van der Waals surface area contributed by atoms with Crippen LogP contribution in [0.15, 0.2) is 0 Å². The van der Waals surface area contributed by atoms with Gasteiger partial charge in [0.2, 0.25) is 0 Å². The van der Waals surface area contributed by atoms with Crippen LogP contribution in [-0.4, -0.2) is 60.8 Å². The quantitative estimate of drug-likeness (QED) is 0.734. The summed E-state index contributed by atoms with van der Waals surface area (Å²) < 4.78 is 0. The average molecular weight is 270 g/mol. The molecule has 0 unspecified atom stereocenters. The first-order chi connectivity index (χ1) is 8.99. The van der Waals surface area contributed by atoms with Gasteiger partial charge in [-0.2, -0.15) is 0 Å². The molecule has 1 fully saturated rings. The molecule has 0 aliphatic carbocycles. The summed E-state index contributed by atoms with van der Waals surface area (Å²) >= 11 is 0. The van der Waals surface area contributed by atoms with Crippen molar-refractivity contribution in [3.05, 3.63) is 0 Å². The minimum atomic E-state index is -0.461. The molecule has 0 amide bonds. The zero-order valence-electron chi connectivity index (χ0n) is 13.5. The van der Waals surface area contributed by atoms with Crippen LogP contribution in [-0.2, 0) is 0 Å². The van der Waals surface area contributed by atoms with Gasteiger partial charge < -0.3 is 14.9 Å². The van der Waals surface area contributed by atoms with E-state index in [1.54, 1.807) is 0 Å². The summed E-state index contributed by atoms with van der Waals surface area (Å²) in [7, 11) is 4.30. The summed E-state index contributed by atoms with van der Waals surface area (Å²) in [4.78, 5) is 4.74. The zero-order valence-corrected chi connectivity index (χ0v) is 13.5. The maximum atomic E-state index is 10.4. The second kappa shape index (κ2) is 8.23. The number of hydrogen-bond acceptors (Lipinski definition) is 3. The van der Waals surface area contributed by atoms with Gasteiger partial charge in [0.1, 0.15) is 0 Å². The van der Waals surface area contributed by atoms with E-state index in [9.17, 15) is 5.11 Å². The molecule has 3 nitrogen and oxygen atoms in total. The topological polar surface area (TPSA) is 26.7 Å². The van der Waals surface area contributed by atoms with Crippen LogP contribution in [0.1, 0.15) is 52.4 Å². The standard InChI is InChI=1S/C16H34N2O/c1-5-16(19,6-2)14-18-12-9-15(10-13-18)8-7-11-17(3)4/h15,19H,5-14H2,1-4H3. The molecule has 1 saturated heterocycles. The predicted molar refractivity (Wildman–Crippen MR) is 82.5 cm³/mol. The fourth-order valence-electron chi connectivity index (χ4n) is 3.02. The van der Waals surface area contributed by atoms with Crippen molar-refractivity contribution >= 4 is 0 Å². The summed E-state index contributed by atoms with van der Waals surface area (Å²) in [6, 6.07) is 0. The van der Waals surface area contributed by atoms with Crippen LogP contribution < -0.4 is 0 Å². The molecule has 0 aromatic carbocycles. The third kappa shape index (κ3) is 6.24. The van der Waals surface area contributed by atoms with Crippen LogP contribution in [0.25, 0.3) is 0 Å². The highest BCUT2D eigenvalue weighted by Crippen LogP contribution is 2.24. The van der Waals surface area contributed by atoms with Gasteiger partial charge in [0.25, 0.3) is 0 Å². The Hall–Kier alpha value is -0.120. The summed E-state index contributed by atoms with van der Waals surface area (Å²) in [5.74, 6) is 0.910. The third-order valence-corrected chi connectivity index (χ3v) is 4.76. The number of piperidine rings is 1. The van der Waals surface area contributed by atoms with E-state index in [4.69, 9.17) is 0 Å². The van der Waals surface area contributed by atoms with Gasteiger partial charge in [-0.25, -0.2) is 0 Å². The average Bonchev–Trinajstić information content (AvgIpc) is 2.40. The smallest absolute Gasteiger partial charge is 0.0768 e. The number of rotatable bonds is 8. The minimum absolute atomic E-state index is 0.461. The lowest BCUT2D eigenvalue weighted by Crippen LogP contribution is -2.45. The maximum absolute atomic E-state index is 10.4. The highest BCUT2D eigenvalue weighted by molar-refractivity contribution is 4.82. The molecule has 1 aliphatic rings. The van der Waals surface area contributed by atoms with Crippen LogP contribution in [0.4, 0.5) is 0 Å². The first kappa shape index (κ1) is 16.9. The predicted octanol–water partition coefficient (Wildman–Crippen LogP) is 2.59. The summed E-state index contributed by atoms with van der Waals surface area (Å²) in [5.41, 5.74) is -0.461. The third-order valence-electron chi connectivity index (χ3n) is 4.76. The second-order valence-corrected chi connectivity index (χ2v) is 6.60. The number of likely N-dealkylation sites (tertiary alicyclic amines) is 1. The molecular formula is C16H34N2O. The Balaban J connectivity index is 2.21. The Morgan fingerprint density at radius 1 is 1.16 bits per heavy atom. The molecule has 1 aliphatic heterocycles. The SMILES string of the molecule is CCC(O)(CC)CN1CCC(CCCN(C)C)CC1. The zero-order chi connectivity index (χ0) is 14.3. The molecule has 114 valence electrons. The van der Waals surface area contributed by atoms with Gasteiger partial charge in [0.15, 0.2) is 0 Å². The lowest BCUT2D eigenvalue weighted by molar-refractivity contribution is -0.0119. The molecule has 1 heterocycles. The summed E-state index contributed by atoms with van der Waals surface area (Å²) in [6.07, 6.45) is 7.07. The highest BCUT2D eigenvalue weighted by Gasteiger charge is 2.28. The molecule has 3 heteroatoms. The molecule has 0 saturated carbocycles. The van der Waals surface area contributed by atoms with Gasteiger partial charge in [-0.15, -0.1) is 0 Å². The molecule has 0 spiro atoms. The van der Waals surface area contributed by atoms with Crippen molar-refractivity contribution in [1.29, 1.82) is 0 Å². The van der Waals surface area contributed by atoms with E-state index in [2.05, 4.69) is 37.7 Å². The first-order valence-corrected chi connectivity index (χ1v) is 8.08. The number of nitrogens with zero attached hydrogens (tertiary/aromatic N) is 2. The van der Waals surface area contributed by atoms with Gasteiger partial charge in [-0.05, 0) is 78.2 Å². The van der Waals surface area contributed by atoms with E-state index in [1.165, 1.54) is 45.3 Å². The summed E-state index contributed by atoms with van der Waals surface area (Å²) in [5, 5.41) is 10.4. The van der Waals surface area contributed by atoms with Crippen molar-refractivity contribution in [2.45, 2.75) is 58.0 Å². The van der Waals surface area contributed by atoms with Gasteiger partial charge in [0, 0.05) is 6.54 Å². The molecule has 0 aromatic heterocycles. The molecule has 0 atom stereocenters. The van der Waals surface area contributed by atoms with Gasteiger partial charge >= 0.3 is 0 Å². The van der Waals surface area contributed by atoms with E-state index >= 15 is 0 Å². The Kier molecular flexibility index (Phi) is 7.33. The molecular weight excluding hydrogens is 236 g/mol. The van der Waals surface area contributed by atoms with Crippen molar-refractivity contribution < 1.29 is 5.11 Å². The molecule has 0 aromatic rings. The van der Waals surface area contributed by atoms with Crippen LogP contribution in [0, 0.1) is 5.92 Å². The fraction of sp³-hybridized carbons (Fsp3) is 1.00. The Labute approximate surface area is 120 Å². The minimum Gasteiger partial charge on any atom is -0.389 e. The van der Waals surface area contributed by atoms with Crippen molar-refractivity contribution in [2.24, 2.45) is 5.92 Å². The van der Waals surface area contributed by atoms with Crippen LogP contribution >= 0.6 is 0 Å². The van der Waals surface area contributed by atoms with Gasteiger partial charge in [0.05, 0.1) is 5.60 Å². The first-order valence-electron chi connectivity index (χ1n) is 8.08. The number of hydrogen-bond donors (Lipinski definition) is 1. The normalized spacial score (nSPS) is 19.3. The lowest BCUT2D eigenvalue weighted by Gasteiger charge is -2.37. The fourth-order valence-corrected chi connectivity index (χ4v) is 3.02. The van der Waals surface area contributed by atoms with Crippen molar-refractivity contribution in [3.8, 4) is 0 Å². The number of aliphatic hydroxyl groups is 1. The summed E-state index contributed by atoms with van der Waals surface area (Å²) in [6.45, 7) is 8.62. The van der Waals surface area contributed by atoms with Crippen LogP contribution in [0.2, 0.25) is 0 Å². The van der Waals surface area contributed by atoms with E-state index < -0.39 is 5.60 Å². The molecule has 1 N–H and O–H groups in total. The van der Waals surface area contributed by atoms with E-state index in [0.29, 0.717) is 0 Å². The van der Waals surface area contributed by atoms with E-state index in [0.717, 1.165) is 25.3 Å². The van der Waals surface area contributed by atoms with Crippen molar-refractivity contribution in [2.75, 3.05) is 40.3 Å². The highest BCUT2D eigenvalue weighted by atomic mass is 16.3. The van der Waals surface area contributed by atoms with Crippen LogP contribution in [0.3, 0.4) is 0 Å². The lowest BCUT2D eigenvalue weighted by atomic mass is 9.90. The largest absolute Gasteiger partial charge is 0.389 e. The van der Waals surface area contributed by atoms with E-state index in [-0.39, 0.29) is 0 Å². The van der Waals surface area contributed by atoms with Crippen LogP contribution in [0.5, 0.6) is 0 Å². The molecule has 0 bridgehead atoms. The Morgan fingerprint density at radius 2 is 1.74 bits per heavy atom. The Morgan fingerprint density at radius 3 is 2.21 bits per heavy atom. The molecule has 19 heavy (non-hydrogen) atoms. The maximum Gasteiger partial charge on any atom is 0.0768 e. The van der Waals surface area contributed by atoms with Gasteiger partial charge in [-0.3, -0.25) is 0 Å². The second-order valence-electron chi connectivity index (χ2n) is 6.60. The molecule has 0 radical (unpaired) electrons. The van der Waals surface area contributed by atoms with Gasteiger partial charge in [-0.1, -0.05) is 13.8 Å².